The Morgan fingerprint density at radius 1 is 1.30 bits per heavy atom. The lowest BCUT2D eigenvalue weighted by Gasteiger charge is -2.34. The first-order chi connectivity index (χ1) is 15.9. The highest BCUT2D eigenvalue weighted by Gasteiger charge is 2.38. The largest absolute Gasteiger partial charge is 0.383 e. The smallest absolute Gasteiger partial charge is 0.184 e. The predicted octanol–water partition coefficient (Wildman–Crippen LogP) is 0.948. The van der Waals surface area contributed by atoms with E-state index < -0.39 is 18.0 Å². The Morgan fingerprint density at radius 2 is 2.12 bits per heavy atom. The fraction of sp³-hybridized carbons (Fsp3) is 0.708. The summed E-state index contributed by atoms with van der Waals surface area (Å²) in [4.78, 5) is 11.7. The molecule has 0 aromatic heterocycles. The third-order valence-electron chi connectivity index (χ3n) is 7.36. The Balaban J connectivity index is 1.25. The summed E-state index contributed by atoms with van der Waals surface area (Å²) in [6.45, 7) is 5.94. The number of nitrogens with two attached hydrogens (primary N) is 1. The molecule has 0 spiro atoms. The number of piperidine rings is 1. The molecule has 180 valence electrons. The van der Waals surface area contributed by atoms with Gasteiger partial charge in [-0.3, -0.25) is 15.0 Å². The molecule has 4 unspecified atom stereocenters. The third kappa shape index (κ3) is 4.97. The molecule has 0 bridgehead atoms. The minimum atomic E-state index is -0.920. The van der Waals surface area contributed by atoms with Gasteiger partial charge in [0.1, 0.15) is 17.9 Å². The SMILES string of the molecule is CC1=CC([C@]2(O)CCOC2)=CC(C2=NC(OC3C=NN(C4CCN(C)CC4)C3)C(N)N=C2)C1. The summed E-state index contributed by atoms with van der Waals surface area (Å²) in [6.07, 6.45) is 10.3. The Morgan fingerprint density at radius 3 is 2.88 bits per heavy atom. The van der Waals surface area contributed by atoms with Gasteiger partial charge < -0.3 is 25.2 Å². The van der Waals surface area contributed by atoms with Crippen LogP contribution in [-0.4, -0.2) is 103 Å². The number of likely N-dealkylation sites (tertiary alicyclic amines) is 1. The molecule has 9 nitrogen and oxygen atoms in total. The van der Waals surface area contributed by atoms with Crippen LogP contribution in [0, 0.1) is 5.92 Å². The zero-order valence-corrected chi connectivity index (χ0v) is 19.6. The zero-order chi connectivity index (χ0) is 23.0. The van der Waals surface area contributed by atoms with Crippen molar-refractivity contribution in [3.8, 4) is 0 Å². The monoisotopic (exact) mass is 456 g/mol. The van der Waals surface area contributed by atoms with E-state index in [4.69, 9.17) is 20.2 Å². The van der Waals surface area contributed by atoms with Gasteiger partial charge in [-0.15, -0.1) is 0 Å². The molecule has 1 aliphatic carbocycles. The van der Waals surface area contributed by atoms with Crippen LogP contribution in [0.2, 0.25) is 0 Å². The molecule has 0 aromatic rings. The summed E-state index contributed by atoms with van der Waals surface area (Å²) in [7, 11) is 2.17. The lowest BCUT2D eigenvalue weighted by atomic mass is 9.81. The van der Waals surface area contributed by atoms with Crippen molar-refractivity contribution in [3.63, 3.8) is 0 Å². The molecule has 3 N–H and O–H groups in total. The zero-order valence-electron chi connectivity index (χ0n) is 19.6. The summed E-state index contributed by atoms with van der Waals surface area (Å²) in [5.41, 5.74) is 8.28. The number of hydrogen-bond donors (Lipinski definition) is 2. The number of rotatable bonds is 5. The molecule has 0 aromatic carbocycles. The number of nitrogens with zero attached hydrogens (tertiary/aromatic N) is 5. The molecule has 5 atom stereocenters. The van der Waals surface area contributed by atoms with Gasteiger partial charge in [0.2, 0.25) is 0 Å². The fourth-order valence-electron chi connectivity index (χ4n) is 5.28. The maximum Gasteiger partial charge on any atom is 0.184 e. The summed E-state index contributed by atoms with van der Waals surface area (Å²) in [6, 6.07) is 0.467. The maximum atomic E-state index is 11.0. The summed E-state index contributed by atoms with van der Waals surface area (Å²) >= 11 is 0. The molecule has 33 heavy (non-hydrogen) atoms. The van der Waals surface area contributed by atoms with Gasteiger partial charge in [0.05, 0.1) is 25.1 Å². The minimum Gasteiger partial charge on any atom is -0.383 e. The first kappa shape index (κ1) is 22.9. The van der Waals surface area contributed by atoms with Gasteiger partial charge in [0.15, 0.2) is 6.23 Å². The Kier molecular flexibility index (Phi) is 6.50. The van der Waals surface area contributed by atoms with Crippen molar-refractivity contribution < 1.29 is 14.6 Å². The standard InChI is InChI=1S/C24H36N6O3/c1-16-9-17(11-18(10-16)24(31)5-8-32-15-24)21-13-26-22(25)23(28-21)33-20-12-27-30(14-20)19-3-6-29(2)7-4-19/h10-13,17,19-20,22-23,31H,3-9,14-15,25H2,1-2H3/t17?,20?,22?,23?,24-/m0/s1. The van der Waals surface area contributed by atoms with Crippen LogP contribution in [0.1, 0.15) is 32.6 Å². The topological polar surface area (TPSA) is 108 Å². The molecule has 4 aliphatic heterocycles. The molecular weight excluding hydrogens is 420 g/mol. The second kappa shape index (κ2) is 9.38. The van der Waals surface area contributed by atoms with Crippen LogP contribution in [0.25, 0.3) is 0 Å². The van der Waals surface area contributed by atoms with Gasteiger partial charge >= 0.3 is 0 Å². The van der Waals surface area contributed by atoms with E-state index in [0.717, 1.165) is 50.2 Å². The van der Waals surface area contributed by atoms with E-state index in [1.165, 1.54) is 5.57 Å². The van der Waals surface area contributed by atoms with Crippen molar-refractivity contribution in [1.29, 1.82) is 0 Å². The van der Waals surface area contributed by atoms with Crippen molar-refractivity contribution in [2.24, 2.45) is 26.7 Å². The van der Waals surface area contributed by atoms with E-state index in [2.05, 4.69) is 46.1 Å². The van der Waals surface area contributed by atoms with Crippen LogP contribution in [0.5, 0.6) is 0 Å². The first-order valence-corrected chi connectivity index (χ1v) is 12.1. The lowest BCUT2D eigenvalue weighted by molar-refractivity contribution is 0.00142. The quantitative estimate of drug-likeness (QED) is 0.638. The van der Waals surface area contributed by atoms with Crippen LogP contribution in [-0.2, 0) is 9.47 Å². The van der Waals surface area contributed by atoms with Gasteiger partial charge in [-0.2, -0.15) is 5.10 Å². The van der Waals surface area contributed by atoms with E-state index in [9.17, 15) is 5.11 Å². The molecule has 0 radical (unpaired) electrons. The number of aliphatic hydroxyl groups is 1. The second-order valence-electron chi connectivity index (χ2n) is 10.1. The van der Waals surface area contributed by atoms with Crippen LogP contribution in [0.3, 0.4) is 0 Å². The summed E-state index contributed by atoms with van der Waals surface area (Å²) < 4.78 is 11.7. The molecular formula is C24H36N6O3. The molecule has 0 amide bonds. The molecule has 4 heterocycles. The van der Waals surface area contributed by atoms with Gasteiger partial charge in [0, 0.05) is 31.2 Å². The normalized spacial score (nSPS) is 37.9. The van der Waals surface area contributed by atoms with Gasteiger partial charge in [-0.1, -0.05) is 17.7 Å². The highest BCUT2D eigenvalue weighted by atomic mass is 16.5. The van der Waals surface area contributed by atoms with Gasteiger partial charge in [-0.05, 0) is 51.9 Å². The Hall–Kier alpha value is -1.91. The first-order valence-electron chi connectivity index (χ1n) is 12.1. The van der Waals surface area contributed by atoms with Crippen molar-refractivity contribution in [2.75, 3.05) is 39.9 Å². The summed E-state index contributed by atoms with van der Waals surface area (Å²) in [5, 5.41) is 17.8. The molecule has 0 saturated carbocycles. The summed E-state index contributed by atoms with van der Waals surface area (Å²) in [5.74, 6) is 0.0324. The van der Waals surface area contributed by atoms with E-state index >= 15 is 0 Å². The molecule has 2 fully saturated rings. The highest BCUT2D eigenvalue weighted by Crippen LogP contribution is 2.35. The number of hydrazone groups is 1. The van der Waals surface area contributed by atoms with Crippen molar-refractivity contribution >= 4 is 18.1 Å². The average Bonchev–Trinajstić information content (AvgIpc) is 3.45. The Bertz CT molecular complexity index is 883. The van der Waals surface area contributed by atoms with Gasteiger partial charge in [-0.25, -0.2) is 0 Å². The van der Waals surface area contributed by atoms with Crippen molar-refractivity contribution in [3.05, 3.63) is 23.3 Å². The maximum absolute atomic E-state index is 11.0. The lowest BCUT2D eigenvalue weighted by Crippen LogP contribution is -2.44. The average molecular weight is 457 g/mol. The molecule has 9 heteroatoms. The van der Waals surface area contributed by atoms with Crippen LogP contribution >= 0.6 is 0 Å². The van der Waals surface area contributed by atoms with Gasteiger partial charge in [0.25, 0.3) is 0 Å². The van der Waals surface area contributed by atoms with Crippen LogP contribution < -0.4 is 5.73 Å². The molecule has 2 saturated heterocycles. The molecule has 5 rings (SSSR count). The fourth-order valence-corrected chi connectivity index (χ4v) is 5.28. The van der Waals surface area contributed by atoms with E-state index in [1.807, 2.05) is 6.21 Å². The van der Waals surface area contributed by atoms with Crippen LogP contribution in [0.15, 0.2) is 38.4 Å². The number of allylic oxidation sites excluding steroid dienone is 2. The number of aliphatic imine (C=N–C) groups is 2. The predicted molar refractivity (Wildman–Crippen MR) is 129 cm³/mol. The third-order valence-corrected chi connectivity index (χ3v) is 7.36. The second-order valence-corrected chi connectivity index (χ2v) is 10.1. The van der Waals surface area contributed by atoms with E-state index in [1.54, 1.807) is 6.21 Å². The molecule has 5 aliphatic rings. The Labute approximate surface area is 195 Å². The van der Waals surface area contributed by atoms with E-state index in [-0.39, 0.29) is 12.0 Å². The van der Waals surface area contributed by atoms with Crippen molar-refractivity contribution in [1.82, 2.24) is 9.91 Å². The highest BCUT2D eigenvalue weighted by molar-refractivity contribution is 6.32. The van der Waals surface area contributed by atoms with Crippen LogP contribution in [0.4, 0.5) is 0 Å². The van der Waals surface area contributed by atoms with E-state index in [0.29, 0.717) is 25.7 Å². The number of ether oxygens (including phenoxy) is 2. The minimum absolute atomic E-state index is 0.0324. The van der Waals surface area contributed by atoms with Crippen molar-refractivity contribution in [2.45, 2.75) is 62.7 Å². The number of hydrogen-bond acceptors (Lipinski definition) is 9.